The highest BCUT2D eigenvalue weighted by Gasteiger charge is 2.14. The number of rotatable bonds is 4. The maximum absolute atomic E-state index is 4.24. The lowest BCUT2D eigenvalue weighted by molar-refractivity contribution is 0.633. The van der Waals surface area contributed by atoms with Crippen molar-refractivity contribution in [3.63, 3.8) is 0 Å². The molecule has 1 fully saturated rings. The van der Waals surface area contributed by atoms with E-state index in [-0.39, 0.29) is 0 Å². The number of nitrogens with zero attached hydrogens (tertiary/aromatic N) is 2. The summed E-state index contributed by atoms with van der Waals surface area (Å²) >= 11 is 1.71. The van der Waals surface area contributed by atoms with Crippen LogP contribution in [-0.2, 0) is 6.42 Å². The van der Waals surface area contributed by atoms with E-state index in [9.17, 15) is 0 Å². The van der Waals surface area contributed by atoms with Crippen molar-refractivity contribution in [1.82, 2.24) is 15.5 Å². The Morgan fingerprint density at radius 1 is 1.35 bits per heavy atom. The second-order valence-corrected chi connectivity index (χ2v) is 6.18. The van der Waals surface area contributed by atoms with Crippen LogP contribution in [0.3, 0.4) is 0 Å². The van der Waals surface area contributed by atoms with E-state index < -0.39 is 0 Å². The normalized spacial score (nSPS) is 21.5. The third-order valence-electron chi connectivity index (χ3n) is 2.95. The van der Waals surface area contributed by atoms with Crippen LogP contribution in [0.2, 0.25) is 0 Å². The largest absolute Gasteiger partial charge is 0.357 e. The van der Waals surface area contributed by atoms with E-state index in [4.69, 9.17) is 0 Å². The molecule has 1 aromatic heterocycles. The molecule has 0 aromatic carbocycles. The molecule has 0 amide bonds. The maximum Gasteiger partial charge on any atom is 0.205 e. The van der Waals surface area contributed by atoms with Crippen molar-refractivity contribution in [1.29, 1.82) is 0 Å². The van der Waals surface area contributed by atoms with E-state index >= 15 is 0 Å². The van der Waals surface area contributed by atoms with Gasteiger partial charge in [-0.1, -0.05) is 25.2 Å². The van der Waals surface area contributed by atoms with Crippen LogP contribution in [0.25, 0.3) is 0 Å². The molecule has 1 aromatic rings. The Morgan fingerprint density at radius 2 is 2.24 bits per heavy atom. The predicted molar refractivity (Wildman–Crippen MR) is 72.6 cm³/mol. The summed E-state index contributed by atoms with van der Waals surface area (Å²) in [5.74, 6) is 0.651. The molecule has 0 radical (unpaired) electrons. The second kappa shape index (κ2) is 6.31. The van der Waals surface area contributed by atoms with Crippen molar-refractivity contribution in [2.24, 2.45) is 5.92 Å². The fraction of sp³-hybridized carbons (Fsp3) is 0.833. The number of hydrogen-bond acceptors (Lipinski definition) is 5. The standard InChI is InChI=1S/C12H22N4S/c1-9(2)8-11-15-16-12(17-11)14-10-4-3-6-13-7-5-10/h9-10,13H,3-8H2,1-2H3,(H,14,16). The lowest BCUT2D eigenvalue weighted by Gasteiger charge is -2.13. The Hall–Kier alpha value is -0.680. The monoisotopic (exact) mass is 254 g/mol. The SMILES string of the molecule is CC(C)Cc1nnc(NC2CCCNCC2)s1. The molecule has 1 unspecified atom stereocenters. The summed E-state index contributed by atoms with van der Waals surface area (Å²) < 4.78 is 0. The fourth-order valence-corrected chi connectivity index (χ4v) is 3.11. The molecule has 2 N–H and O–H groups in total. The molecule has 2 heterocycles. The third-order valence-corrected chi connectivity index (χ3v) is 3.83. The first-order valence-corrected chi connectivity index (χ1v) is 7.35. The van der Waals surface area contributed by atoms with E-state index in [1.165, 1.54) is 19.3 Å². The molecule has 0 bridgehead atoms. The summed E-state index contributed by atoms with van der Waals surface area (Å²) in [5.41, 5.74) is 0. The van der Waals surface area contributed by atoms with Crippen molar-refractivity contribution in [2.75, 3.05) is 18.4 Å². The van der Waals surface area contributed by atoms with Crippen LogP contribution in [0.15, 0.2) is 0 Å². The maximum atomic E-state index is 4.24. The van der Waals surface area contributed by atoms with Gasteiger partial charge in [0.1, 0.15) is 5.01 Å². The molecule has 1 aliphatic rings. The average molecular weight is 254 g/mol. The minimum absolute atomic E-state index is 0.560. The van der Waals surface area contributed by atoms with Gasteiger partial charge >= 0.3 is 0 Å². The van der Waals surface area contributed by atoms with Gasteiger partial charge in [0.05, 0.1) is 0 Å². The van der Waals surface area contributed by atoms with Gasteiger partial charge in [0.2, 0.25) is 5.13 Å². The lowest BCUT2D eigenvalue weighted by Crippen LogP contribution is -2.21. The van der Waals surface area contributed by atoms with Gasteiger partial charge in [0, 0.05) is 12.5 Å². The van der Waals surface area contributed by atoms with Crippen LogP contribution >= 0.6 is 11.3 Å². The fourth-order valence-electron chi connectivity index (χ4n) is 2.08. The predicted octanol–water partition coefficient (Wildman–Crippen LogP) is 2.29. The van der Waals surface area contributed by atoms with Crippen LogP contribution in [0, 0.1) is 5.92 Å². The molecule has 96 valence electrons. The molecule has 17 heavy (non-hydrogen) atoms. The zero-order chi connectivity index (χ0) is 12.1. The van der Waals surface area contributed by atoms with E-state index in [1.807, 2.05) is 0 Å². The number of hydrogen-bond donors (Lipinski definition) is 2. The van der Waals surface area contributed by atoms with Crippen LogP contribution in [0.1, 0.15) is 38.1 Å². The molecule has 1 atom stereocenters. The minimum atomic E-state index is 0.560. The molecule has 0 aliphatic carbocycles. The molecule has 5 heteroatoms. The van der Waals surface area contributed by atoms with Crippen LogP contribution in [0.4, 0.5) is 5.13 Å². The summed E-state index contributed by atoms with van der Waals surface area (Å²) in [6.07, 6.45) is 4.69. The topological polar surface area (TPSA) is 49.8 Å². The Bertz CT molecular complexity index is 329. The summed E-state index contributed by atoms with van der Waals surface area (Å²) in [7, 11) is 0. The Morgan fingerprint density at radius 3 is 3.06 bits per heavy atom. The van der Waals surface area contributed by atoms with Gasteiger partial charge in [-0.25, -0.2) is 0 Å². The van der Waals surface area contributed by atoms with E-state index in [0.717, 1.165) is 29.6 Å². The Labute approximate surface area is 107 Å². The van der Waals surface area contributed by atoms with E-state index in [0.29, 0.717) is 12.0 Å². The molecule has 4 nitrogen and oxygen atoms in total. The highest BCUT2D eigenvalue weighted by atomic mass is 32.1. The molecule has 1 saturated heterocycles. The number of aromatic nitrogens is 2. The van der Waals surface area contributed by atoms with Gasteiger partial charge in [-0.05, 0) is 38.3 Å². The average Bonchev–Trinajstić information content (AvgIpc) is 2.54. The molecule has 2 rings (SSSR count). The Balaban J connectivity index is 1.86. The molecule has 1 aliphatic heterocycles. The van der Waals surface area contributed by atoms with Gasteiger partial charge in [0.15, 0.2) is 0 Å². The van der Waals surface area contributed by atoms with Crippen LogP contribution in [0.5, 0.6) is 0 Å². The minimum Gasteiger partial charge on any atom is -0.357 e. The van der Waals surface area contributed by atoms with Gasteiger partial charge in [-0.15, -0.1) is 10.2 Å². The first-order chi connectivity index (χ1) is 8.24. The Kier molecular flexibility index (Phi) is 4.74. The molecule has 0 saturated carbocycles. The summed E-state index contributed by atoms with van der Waals surface area (Å²) in [4.78, 5) is 0. The lowest BCUT2D eigenvalue weighted by atomic mass is 10.1. The first kappa shape index (κ1) is 12.8. The molecule has 0 spiro atoms. The quantitative estimate of drug-likeness (QED) is 0.865. The molecular formula is C12H22N4S. The van der Waals surface area contributed by atoms with Crippen molar-refractivity contribution >= 4 is 16.5 Å². The summed E-state index contributed by atoms with van der Waals surface area (Å²) in [5, 5.41) is 17.5. The van der Waals surface area contributed by atoms with Crippen LogP contribution < -0.4 is 10.6 Å². The van der Waals surface area contributed by atoms with E-state index in [2.05, 4.69) is 34.7 Å². The zero-order valence-electron chi connectivity index (χ0n) is 10.7. The van der Waals surface area contributed by atoms with Crippen molar-refractivity contribution in [3.05, 3.63) is 5.01 Å². The van der Waals surface area contributed by atoms with Crippen molar-refractivity contribution in [3.8, 4) is 0 Å². The van der Waals surface area contributed by atoms with Crippen molar-refractivity contribution < 1.29 is 0 Å². The van der Waals surface area contributed by atoms with Gasteiger partial charge in [-0.2, -0.15) is 0 Å². The van der Waals surface area contributed by atoms with Crippen LogP contribution in [-0.4, -0.2) is 29.3 Å². The summed E-state index contributed by atoms with van der Waals surface area (Å²) in [6.45, 7) is 6.68. The third kappa shape index (κ3) is 4.24. The summed E-state index contributed by atoms with van der Waals surface area (Å²) in [6, 6.07) is 0.560. The number of nitrogens with one attached hydrogen (secondary N) is 2. The van der Waals surface area contributed by atoms with Gasteiger partial charge in [-0.3, -0.25) is 0 Å². The van der Waals surface area contributed by atoms with Gasteiger partial charge < -0.3 is 10.6 Å². The highest BCUT2D eigenvalue weighted by molar-refractivity contribution is 7.15. The number of anilines is 1. The second-order valence-electron chi connectivity index (χ2n) is 5.12. The van der Waals surface area contributed by atoms with Crippen molar-refractivity contribution in [2.45, 2.75) is 45.6 Å². The van der Waals surface area contributed by atoms with E-state index in [1.54, 1.807) is 11.3 Å². The molecular weight excluding hydrogens is 232 g/mol. The zero-order valence-corrected chi connectivity index (χ0v) is 11.5. The smallest absolute Gasteiger partial charge is 0.205 e. The highest BCUT2D eigenvalue weighted by Crippen LogP contribution is 2.20. The van der Waals surface area contributed by atoms with Gasteiger partial charge in [0.25, 0.3) is 0 Å². The first-order valence-electron chi connectivity index (χ1n) is 6.53.